The zero-order valence-corrected chi connectivity index (χ0v) is 12.2. The molecule has 0 atom stereocenters. The molecule has 112 valence electrons. The topological polar surface area (TPSA) is 35.5 Å². The lowest BCUT2D eigenvalue weighted by Gasteiger charge is -2.25. The number of halogens is 1. The minimum atomic E-state index is -0.257. The third-order valence-corrected chi connectivity index (χ3v) is 3.32. The van der Waals surface area contributed by atoms with Crippen LogP contribution in [-0.4, -0.2) is 25.3 Å². The number of aliphatic hydroxyl groups is 1. The minimum Gasteiger partial charge on any atom is -0.395 e. The van der Waals surface area contributed by atoms with Gasteiger partial charge >= 0.3 is 0 Å². The summed E-state index contributed by atoms with van der Waals surface area (Å²) in [6.45, 7) is 1.60. The molecule has 0 heterocycles. The Kier molecular flexibility index (Phi) is 5.72. The molecule has 4 heteroatoms. The van der Waals surface area contributed by atoms with Gasteiger partial charge in [0.2, 0.25) is 0 Å². The van der Waals surface area contributed by atoms with E-state index in [2.05, 4.69) is 5.32 Å². The zero-order chi connectivity index (χ0) is 15.1. The zero-order valence-electron chi connectivity index (χ0n) is 12.2. The molecular formula is C17H21FN2O. The second kappa shape index (κ2) is 7.76. The van der Waals surface area contributed by atoms with Crippen molar-refractivity contribution in [2.45, 2.75) is 13.1 Å². The molecule has 2 aromatic carbocycles. The van der Waals surface area contributed by atoms with Crippen molar-refractivity contribution in [2.75, 3.05) is 25.1 Å². The van der Waals surface area contributed by atoms with Crippen LogP contribution in [0, 0.1) is 5.82 Å². The average Bonchev–Trinajstić information content (AvgIpc) is 2.48. The normalized spacial score (nSPS) is 10.6. The molecular weight excluding hydrogens is 267 g/mol. The Labute approximate surface area is 125 Å². The van der Waals surface area contributed by atoms with Crippen LogP contribution in [-0.2, 0) is 13.1 Å². The van der Waals surface area contributed by atoms with Gasteiger partial charge in [0.05, 0.1) is 12.3 Å². The number of aliphatic hydroxyl groups excluding tert-OH is 1. The van der Waals surface area contributed by atoms with Crippen molar-refractivity contribution >= 4 is 5.69 Å². The van der Waals surface area contributed by atoms with Crippen molar-refractivity contribution in [1.82, 2.24) is 5.32 Å². The summed E-state index contributed by atoms with van der Waals surface area (Å²) < 4.78 is 14.3. The fourth-order valence-electron chi connectivity index (χ4n) is 2.33. The molecule has 0 amide bonds. The van der Waals surface area contributed by atoms with E-state index in [9.17, 15) is 9.50 Å². The van der Waals surface area contributed by atoms with E-state index < -0.39 is 0 Å². The highest BCUT2D eigenvalue weighted by Crippen LogP contribution is 2.22. The minimum absolute atomic E-state index is 0.00938. The first-order valence-electron chi connectivity index (χ1n) is 7.07. The van der Waals surface area contributed by atoms with Gasteiger partial charge in [-0.05, 0) is 30.3 Å². The molecule has 2 aromatic rings. The van der Waals surface area contributed by atoms with Gasteiger partial charge in [0.15, 0.2) is 0 Å². The standard InChI is InChI=1S/C17H21FN2O/c1-19-12-15-7-8-17(16(18)11-15)20(9-10-21)13-14-5-3-2-4-6-14/h2-8,11,19,21H,9-10,12-13H2,1H3. The Hall–Kier alpha value is -1.91. The predicted octanol–water partition coefficient (Wildman–Crippen LogP) is 2.54. The summed E-state index contributed by atoms with van der Waals surface area (Å²) in [6.07, 6.45) is 0. The average molecular weight is 288 g/mol. The van der Waals surface area contributed by atoms with Crippen LogP contribution in [0.15, 0.2) is 48.5 Å². The van der Waals surface area contributed by atoms with E-state index in [1.54, 1.807) is 12.1 Å². The lowest BCUT2D eigenvalue weighted by molar-refractivity contribution is 0.301. The monoisotopic (exact) mass is 288 g/mol. The van der Waals surface area contributed by atoms with Crippen molar-refractivity contribution in [3.63, 3.8) is 0 Å². The molecule has 0 unspecified atom stereocenters. The molecule has 0 bridgehead atoms. The van der Waals surface area contributed by atoms with Gasteiger partial charge in [-0.2, -0.15) is 0 Å². The van der Waals surface area contributed by atoms with Crippen molar-refractivity contribution in [3.05, 3.63) is 65.5 Å². The highest BCUT2D eigenvalue weighted by molar-refractivity contribution is 5.49. The Morgan fingerprint density at radius 2 is 1.86 bits per heavy atom. The first-order valence-corrected chi connectivity index (χ1v) is 7.07. The summed E-state index contributed by atoms with van der Waals surface area (Å²) in [5.74, 6) is -0.257. The number of hydrogen-bond donors (Lipinski definition) is 2. The van der Waals surface area contributed by atoms with E-state index in [1.165, 1.54) is 0 Å². The van der Waals surface area contributed by atoms with Crippen molar-refractivity contribution in [3.8, 4) is 0 Å². The van der Waals surface area contributed by atoms with Gasteiger partial charge in [0.1, 0.15) is 5.82 Å². The Morgan fingerprint density at radius 3 is 2.48 bits per heavy atom. The van der Waals surface area contributed by atoms with E-state index in [1.807, 2.05) is 48.3 Å². The van der Waals surface area contributed by atoms with E-state index in [4.69, 9.17) is 0 Å². The van der Waals surface area contributed by atoms with Crippen LogP contribution in [0.25, 0.3) is 0 Å². The first kappa shape index (κ1) is 15.5. The largest absolute Gasteiger partial charge is 0.395 e. The third-order valence-electron chi connectivity index (χ3n) is 3.32. The molecule has 0 aliphatic rings. The predicted molar refractivity (Wildman–Crippen MR) is 83.7 cm³/mol. The van der Waals surface area contributed by atoms with Crippen molar-refractivity contribution < 1.29 is 9.50 Å². The molecule has 3 nitrogen and oxygen atoms in total. The number of anilines is 1. The van der Waals surface area contributed by atoms with Crippen LogP contribution in [0.5, 0.6) is 0 Å². The van der Waals surface area contributed by atoms with Gasteiger partial charge in [-0.25, -0.2) is 4.39 Å². The van der Waals surface area contributed by atoms with Gasteiger partial charge in [-0.1, -0.05) is 36.4 Å². The van der Waals surface area contributed by atoms with E-state index in [-0.39, 0.29) is 12.4 Å². The number of nitrogens with one attached hydrogen (secondary N) is 1. The van der Waals surface area contributed by atoms with Crippen molar-refractivity contribution in [1.29, 1.82) is 0 Å². The maximum absolute atomic E-state index is 14.3. The lowest BCUT2D eigenvalue weighted by atomic mass is 10.1. The van der Waals surface area contributed by atoms with Gasteiger partial charge in [0, 0.05) is 19.6 Å². The molecule has 0 aromatic heterocycles. The molecule has 0 saturated carbocycles. The van der Waals surface area contributed by atoms with Gasteiger partial charge < -0.3 is 15.3 Å². The highest BCUT2D eigenvalue weighted by Gasteiger charge is 2.12. The smallest absolute Gasteiger partial charge is 0.146 e. The highest BCUT2D eigenvalue weighted by atomic mass is 19.1. The van der Waals surface area contributed by atoms with Crippen LogP contribution in [0.4, 0.5) is 10.1 Å². The molecule has 0 radical (unpaired) electrons. The number of nitrogens with zero attached hydrogens (tertiary/aromatic N) is 1. The van der Waals surface area contributed by atoms with Crippen LogP contribution >= 0.6 is 0 Å². The number of benzene rings is 2. The van der Waals surface area contributed by atoms with Crippen molar-refractivity contribution in [2.24, 2.45) is 0 Å². The summed E-state index contributed by atoms with van der Waals surface area (Å²) >= 11 is 0. The summed E-state index contributed by atoms with van der Waals surface area (Å²) in [5.41, 5.74) is 2.51. The fourth-order valence-corrected chi connectivity index (χ4v) is 2.33. The summed E-state index contributed by atoms with van der Waals surface area (Å²) in [5, 5.41) is 12.2. The van der Waals surface area contributed by atoms with Crippen LogP contribution < -0.4 is 10.2 Å². The fraction of sp³-hybridized carbons (Fsp3) is 0.294. The number of hydrogen-bond acceptors (Lipinski definition) is 3. The summed E-state index contributed by atoms with van der Waals surface area (Å²) in [6, 6.07) is 15.1. The molecule has 0 saturated heterocycles. The molecule has 0 aliphatic heterocycles. The quantitative estimate of drug-likeness (QED) is 0.822. The Bertz CT molecular complexity index is 560. The number of rotatable bonds is 7. The molecule has 0 aliphatic carbocycles. The van der Waals surface area contributed by atoms with E-state index in [0.717, 1.165) is 11.1 Å². The lowest BCUT2D eigenvalue weighted by Crippen LogP contribution is -2.27. The van der Waals surface area contributed by atoms with E-state index in [0.29, 0.717) is 25.3 Å². The molecule has 2 N–H and O–H groups in total. The van der Waals surface area contributed by atoms with Gasteiger partial charge in [-0.15, -0.1) is 0 Å². The maximum Gasteiger partial charge on any atom is 0.146 e. The van der Waals surface area contributed by atoms with E-state index >= 15 is 0 Å². The summed E-state index contributed by atoms with van der Waals surface area (Å²) in [4.78, 5) is 1.85. The summed E-state index contributed by atoms with van der Waals surface area (Å²) in [7, 11) is 1.83. The molecule has 2 rings (SSSR count). The third kappa shape index (κ3) is 4.28. The second-order valence-electron chi connectivity index (χ2n) is 4.95. The first-order chi connectivity index (χ1) is 10.2. The Balaban J connectivity index is 2.21. The Morgan fingerprint density at radius 1 is 1.10 bits per heavy atom. The molecule has 0 spiro atoms. The van der Waals surface area contributed by atoms with Crippen LogP contribution in [0.3, 0.4) is 0 Å². The van der Waals surface area contributed by atoms with Gasteiger partial charge in [0.25, 0.3) is 0 Å². The maximum atomic E-state index is 14.3. The molecule has 21 heavy (non-hydrogen) atoms. The van der Waals surface area contributed by atoms with Crippen LogP contribution in [0.1, 0.15) is 11.1 Å². The SMILES string of the molecule is CNCc1ccc(N(CCO)Cc2ccccc2)c(F)c1. The molecule has 0 fully saturated rings. The second-order valence-corrected chi connectivity index (χ2v) is 4.95. The van der Waals surface area contributed by atoms with Crippen LogP contribution in [0.2, 0.25) is 0 Å². The van der Waals surface area contributed by atoms with Gasteiger partial charge in [-0.3, -0.25) is 0 Å².